The maximum absolute atomic E-state index is 12.2. The smallest absolute Gasteiger partial charge is 0.342 e. The Morgan fingerprint density at radius 1 is 1.38 bits per heavy atom. The molecular formula is C16H12BrN3O4. The number of halogens is 1. The fourth-order valence-electron chi connectivity index (χ4n) is 1.96. The van der Waals surface area contributed by atoms with Gasteiger partial charge in [0.1, 0.15) is 11.3 Å². The van der Waals surface area contributed by atoms with E-state index < -0.39 is 12.1 Å². The summed E-state index contributed by atoms with van der Waals surface area (Å²) in [5.74, 6) is -0.359. The molecule has 0 aliphatic rings. The molecule has 0 fully saturated rings. The molecule has 2 heterocycles. The number of ether oxygens (including phenoxy) is 1. The second kappa shape index (κ2) is 6.79. The van der Waals surface area contributed by atoms with E-state index in [0.717, 1.165) is 0 Å². The van der Waals surface area contributed by atoms with Crippen LogP contribution in [0.5, 0.6) is 5.75 Å². The zero-order valence-electron chi connectivity index (χ0n) is 12.5. The third-order valence-electron chi connectivity index (χ3n) is 3.17. The minimum atomic E-state index is -0.770. The van der Waals surface area contributed by atoms with Crippen LogP contribution in [-0.2, 0) is 4.74 Å². The SMILES string of the molecule is CC(OC(=O)c1cc(Br)ccc1O)c1nc(-c2cccnc2)no1. The van der Waals surface area contributed by atoms with Crippen molar-refractivity contribution in [1.82, 2.24) is 15.1 Å². The molecule has 1 unspecified atom stereocenters. The Hall–Kier alpha value is -2.74. The molecule has 7 nitrogen and oxygen atoms in total. The highest BCUT2D eigenvalue weighted by atomic mass is 79.9. The Bertz CT molecular complexity index is 867. The first-order valence-electron chi connectivity index (χ1n) is 6.98. The Morgan fingerprint density at radius 3 is 2.96 bits per heavy atom. The lowest BCUT2D eigenvalue weighted by Gasteiger charge is -2.10. The number of phenolic OH excluding ortho intramolecular Hbond substituents is 1. The first-order valence-corrected chi connectivity index (χ1v) is 7.77. The van der Waals surface area contributed by atoms with E-state index >= 15 is 0 Å². The largest absolute Gasteiger partial charge is 0.507 e. The number of rotatable bonds is 4. The molecule has 1 aromatic carbocycles. The third-order valence-corrected chi connectivity index (χ3v) is 3.66. The summed E-state index contributed by atoms with van der Waals surface area (Å²) in [7, 11) is 0. The first-order chi connectivity index (χ1) is 11.5. The molecule has 122 valence electrons. The molecule has 1 N–H and O–H groups in total. The van der Waals surface area contributed by atoms with Crippen molar-refractivity contribution < 1.29 is 19.2 Å². The third kappa shape index (κ3) is 3.43. The van der Waals surface area contributed by atoms with E-state index in [-0.39, 0.29) is 17.2 Å². The summed E-state index contributed by atoms with van der Waals surface area (Å²) >= 11 is 3.24. The molecule has 24 heavy (non-hydrogen) atoms. The fourth-order valence-corrected chi connectivity index (χ4v) is 2.32. The summed E-state index contributed by atoms with van der Waals surface area (Å²) in [6.45, 7) is 1.60. The molecule has 0 amide bonds. The lowest BCUT2D eigenvalue weighted by Crippen LogP contribution is -2.10. The molecule has 3 rings (SSSR count). The Kier molecular flexibility index (Phi) is 4.57. The highest BCUT2D eigenvalue weighted by Crippen LogP contribution is 2.26. The molecule has 0 radical (unpaired) electrons. The van der Waals surface area contributed by atoms with E-state index in [1.54, 1.807) is 37.5 Å². The molecule has 0 bridgehead atoms. The van der Waals surface area contributed by atoms with Crippen LogP contribution in [0.2, 0.25) is 0 Å². The summed E-state index contributed by atoms with van der Waals surface area (Å²) in [6, 6.07) is 8.04. The lowest BCUT2D eigenvalue weighted by atomic mass is 10.2. The van der Waals surface area contributed by atoms with Crippen molar-refractivity contribution in [1.29, 1.82) is 0 Å². The van der Waals surface area contributed by atoms with Crippen molar-refractivity contribution >= 4 is 21.9 Å². The molecule has 0 spiro atoms. The van der Waals surface area contributed by atoms with Gasteiger partial charge in [0, 0.05) is 22.4 Å². The van der Waals surface area contributed by atoms with Gasteiger partial charge in [0.15, 0.2) is 6.10 Å². The number of carbonyl (C=O) groups excluding carboxylic acids is 1. The van der Waals surface area contributed by atoms with E-state index in [1.165, 1.54) is 12.1 Å². The van der Waals surface area contributed by atoms with Crippen LogP contribution in [0.3, 0.4) is 0 Å². The molecule has 8 heteroatoms. The maximum atomic E-state index is 12.2. The number of phenols is 1. The second-order valence-corrected chi connectivity index (χ2v) is 5.82. The van der Waals surface area contributed by atoms with Crippen molar-refractivity contribution in [3.05, 3.63) is 58.7 Å². The summed E-state index contributed by atoms with van der Waals surface area (Å²) < 4.78 is 11.1. The van der Waals surface area contributed by atoms with Gasteiger partial charge in [0.2, 0.25) is 5.82 Å². The van der Waals surface area contributed by atoms with Crippen LogP contribution in [0, 0.1) is 0 Å². The fraction of sp³-hybridized carbons (Fsp3) is 0.125. The predicted molar refractivity (Wildman–Crippen MR) is 87.2 cm³/mol. The Balaban J connectivity index is 1.75. The molecule has 3 aromatic rings. The normalized spacial score (nSPS) is 11.9. The molecular weight excluding hydrogens is 378 g/mol. The number of hydrogen-bond acceptors (Lipinski definition) is 7. The van der Waals surface area contributed by atoms with Gasteiger partial charge in [-0.05, 0) is 37.3 Å². The van der Waals surface area contributed by atoms with Gasteiger partial charge in [-0.2, -0.15) is 4.98 Å². The molecule has 0 aliphatic heterocycles. The number of benzene rings is 1. The topological polar surface area (TPSA) is 98.3 Å². The van der Waals surface area contributed by atoms with Gasteiger partial charge in [-0.1, -0.05) is 21.1 Å². The van der Waals surface area contributed by atoms with E-state index in [1.807, 2.05) is 0 Å². The zero-order chi connectivity index (χ0) is 17.1. The Labute approximate surface area is 145 Å². The van der Waals surface area contributed by atoms with Crippen molar-refractivity contribution in [2.45, 2.75) is 13.0 Å². The maximum Gasteiger partial charge on any atom is 0.342 e. The standard InChI is InChI=1S/C16H12BrN3O4/c1-9(23-16(22)12-7-11(17)4-5-13(12)21)15-19-14(20-24-15)10-3-2-6-18-8-10/h2-9,21H,1H3. The van der Waals surface area contributed by atoms with Gasteiger partial charge < -0.3 is 14.4 Å². The monoisotopic (exact) mass is 389 g/mol. The lowest BCUT2D eigenvalue weighted by molar-refractivity contribution is 0.0262. The average molecular weight is 390 g/mol. The van der Waals surface area contributed by atoms with Crippen LogP contribution >= 0.6 is 15.9 Å². The molecule has 1 atom stereocenters. The van der Waals surface area contributed by atoms with Gasteiger partial charge in [0.05, 0.1) is 0 Å². The minimum absolute atomic E-state index is 0.0447. The average Bonchev–Trinajstić information content (AvgIpc) is 3.08. The number of esters is 1. The highest BCUT2D eigenvalue weighted by Gasteiger charge is 2.22. The van der Waals surface area contributed by atoms with E-state index in [0.29, 0.717) is 15.9 Å². The van der Waals surface area contributed by atoms with Crippen LogP contribution in [0.1, 0.15) is 29.3 Å². The number of pyridine rings is 1. The van der Waals surface area contributed by atoms with Crippen LogP contribution < -0.4 is 0 Å². The number of carbonyl (C=O) groups is 1. The first kappa shape index (κ1) is 16.1. The van der Waals surface area contributed by atoms with Crippen molar-refractivity contribution in [3.63, 3.8) is 0 Å². The summed E-state index contributed by atoms with van der Waals surface area (Å²) in [4.78, 5) is 20.4. The van der Waals surface area contributed by atoms with Gasteiger partial charge >= 0.3 is 5.97 Å². The van der Waals surface area contributed by atoms with Crippen molar-refractivity contribution in [2.24, 2.45) is 0 Å². The van der Waals surface area contributed by atoms with Crippen molar-refractivity contribution in [3.8, 4) is 17.1 Å². The summed E-state index contributed by atoms with van der Waals surface area (Å²) in [5, 5.41) is 13.6. The van der Waals surface area contributed by atoms with Gasteiger partial charge in [-0.3, -0.25) is 4.98 Å². The predicted octanol–water partition coefficient (Wildman–Crippen LogP) is 3.52. The minimum Gasteiger partial charge on any atom is -0.507 e. The van der Waals surface area contributed by atoms with Crippen LogP contribution in [0.25, 0.3) is 11.4 Å². The van der Waals surface area contributed by atoms with Crippen LogP contribution in [0.4, 0.5) is 0 Å². The molecule has 0 saturated carbocycles. The quantitative estimate of drug-likeness (QED) is 0.681. The number of nitrogens with zero attached hydrogens (tertiary/aromatic N) is 3. The van der Waals surface area contributed by atoms with Gasteiger partial charge in [0.25, 0.3) is 5.89 Å². The van der Waals surface area contributed by atoms with Crippen LogP contribution in [0.15, 0.2) is 51.7 Å². The zero-order valence-corrected chi connectivity index (χ0v) is 14.1. The molecule has 0 saturated heterocycles. The molecule has 0 aliphatic carbocycles. The number of aromatic nitrogens is 3. The second-order valence-electron chi connectivity index (χ2n) is 4.91. The highest BCUT2D eigenvalue weighted by molar-refractivity contribution is 9.10. The molecule has 2 aromatic heterocycles. The van der Waals surface area contributed by atoms with E-state index in [9.17, 15) is 9.90 Å². The van der Waals surface area contributed by atoms with Gasteiger partial charge in [-0.25, -0.2) is 4.79 Å². The number of hydrogen-bond donors (Lipinski definition) is 1. The van der Waals surface area contributed by atoms with E-state index in [2.05, 4.69) is 31.1 Å². The van der Waals surface area contributed by atoms with E-state index in [4.69, 9.17) is 9.26 Å². The summed E-state index contributed by atoms with van der Waals surface area (Å²) in [5.41, 5.74) is 0.735. The number of aromatic hydroxyl groups is 1. The Morgan fingerprint density at radius 2 is 2.21 bits per heavy atom. The van der Waals surface area contributed by atoms with Gasteiger partial charge in [-0.15, -0.1) is 0 Å². The van der Waals surface area contributed by atoms with Crippen LogP contribution in [-0.4, -0.2) is 26.2 Å². The summed E-state index contributed by atoms with van der Waals surface area (Å²) in [6.07, 6.45) is 2.47. The van der Waals surface area contributed by atoms with Crippen molar-refractivity contribution in [2.75, 3.05) is 0 Å².